The van der Waals surface area contributed by atoms with E-state index in [2.05, 4.69) is 10.1 Å². The van der Waals surface area contributed by atoms with E-state index in [1.807, 2.05) is 84.9 Å². The van der Waals surface area contributed by atoms with Crippen LogP contribution in [0.2, 0.25) is 0 Å². The number of aromatic nitrogens is 3. The maximum absolute atomic E-state index is 13.3. The number of thiazole rings is 1. The van der Waals surface area contributed by atoms with Crippen LogP contribution in [0.4, 0.5) is 0 Å². The molecule has 0 aliphatic carbocycles. The number of fused-ring (bicyclic) bond motifs is 2. The van der Waals surface area contributed by atoms with E-state index in [-0.39, 0.29) is 22.3 Å². The van der Waals surface area contributed by atoms with E-state index in [0.717, 1.165) is 33.8 Å². The van der Waals surface area contributed by atoms with Gasteiger partial charge in [0.1, 0.15) is 11.9 Å². The van der Waals surface area contributed by atoms with E-state index in [9.17, 15) is 9.59 Å². The highest BCUT2D eigenvalue weighted by Crippen LogP contribution is 2.37. The van der Waals surface area contributed by atoms with Crippen LogP contribution in [0.15, 0.2) is 100 Å². The predicted molar refractivity (Wildman–Crippen MR) is 133 cm³/mol. The van der Waals surface area contributed by atoms with Crippen molar-refractivity contribution in [2.24, 2.45) is 0 Å². The topological polar surface area (TPSA) is 73.6 Å². The second-order valence-electron chi connectivity index (χ2n) is 7.83. The third-order valence-electron chi connectivity index (χ3n) is 5.62. The molecule has 7 heteroatoms. The molecule has 0 N–H and O–H groups in total. The van der Waals surface area contributed by atoms with Crippen LogP contribution < -0.4 is 20.4 Å². The van der Waals surface area contributed by atoms with Gasteiger partial charge in [-0.1, -0.05) is 90.2 Å². The molecule has 0 radical (unpaired) electrons. The van der Waals surface area contributed by atoms with E-state index in [1.165, 1.54) is 4.52 Å². The summed E-state index contributed by atoms with van der Waals surface area (Å²) in [5, 5.41) is 4.34. The SMILES string of the molecule is O=c1nc2s/c(=C/C3=Cc4ccccc4OC3c3ccccc3)c(=O)n2nc1-c1ccccc1. The molecule has 1 aliphatic heterocycles. The highest BCUT2D eigenvalue weighted by atomic mass is 32.1. The monoisotopic (exact) mass is 463 g/mol. The summed E-state index contributed by atoms with van der Waals surface area (Å²) in [5.74, 6) is 0.786. The lowest BCUT2D eigenvalue weighted by Gasteiger charge is -2.26. The predicted octanol–water partition coefficient (Wildman–Crippen LogP) is 3.89. The minimum absolute atomic E-state index is 0.149. The average Bonchev–Trinajstić information content (AvgIpc) is 3.18. The zero-order chi connectivity index (χ0) is 23.1. The van der Waals surface area contributed by atoms with Crippen molar-refractivity contribution in [1.29, 1.82) is 0 Å². The van der Waals surface area contributed by atoms with E-state index in [0.29, 0.717) is 10.1 Å². The number of ether oxygens (including phenoxy) is 1. The van der Waals surface area contributed by atoms with Gasteiger partial charge in [-0.05, 0) is 29.4 Å². The average molecular weight is 464 g/mol. The van der Waals surface area contributed by atoms with Gasteiger partial charge in [-0.3, -0.25) is 9.59 Å². The molecule has 0 saturated heterocycles. The Morgan fingerprint density at radius 3 is 2.38 bits per heavy atom. The fourth-order valence-electron chi connectivity index (χ4n) is 4.00. The van der Waals surface area contributed by atoms with Crippen molar-refractivity contribution in [3.63, 3.8) is 0 Å². The molecule has 0 fully saturated rings. The zero-order valence-electron chi connectivity index (χ0n) is 17.8. The van der Waals surface area contributed by atoms with Crippen molar-refractivity contribution in [2.75, 3.05) is 0 Å². The molecule has 0 bridgehead atoms. The Balaban J connectivity index is 1.53. The smallest absolute Gasteiger partial charge is 0.300 e. The number of rotatable bonds is 3. The standard InChI is InChI=1S/C27H17N3O3S/c31-25-23(17-9-3-1-4-10-17)29-30-26(32)22(34-27(30)28-25)16-20-15-19-13-7-8-14-21(19)33-24(20)18-11-5-2-6-12-18/h1-16,24H/b22-16+. The van der Waals surface area contributed by atoms with Crippen LogP contribution in [0.5, 0.6) is 5.75 Å². The van der Waals surface area contributed by atoms with E-state index < -0.39 is 5.56 Å². The minimum Gasteiger partial charge on any atom is -0.480 e. The summed E-state index contributed by atoms with van der Waals surface area (Å²) >= 11 is 1.14. The molecule has 3 aromatic carbocycles. The summed E-state index contributed by atoms with van der Waals surface area (Å²) in [6, 6.07) is 26.7. The maximum Gasteiger partial charge on any atom is 0.300 e. The summed E-state index contributed by atoms with van der Waals surface area (Å²) in [5.41, 5.74) is 2.73. The lowest BCUT2D eigenvalue weighted by molar-refractivity contribution is 0.244. The summed E-state index contributed by atoms with van der Waals surface area (Å²) in [6.45, 7) is 0. The van der Waals surface area contributed by atoms with Gasteiger partial charge in [0.2, 0.25) is 4.96 Å². The van der Waals surface area contributed by atoms with Gasteiger partial charge in [-0.15, -0.1) is 0 Å². The fraction of sp³-hybridized carbons (Fsp3) is 0.0370. The molecule has 1 unspecified atom stereocenters. The normalized spacial score (nSPS) is 15.6. The van der Waals surface area contributed by atoms with E-state index >= 15 is 0 Å². The molecule has 6 rings (SSSR count). The lowest BCUT2D eigenvalue weighted by atomic mass is 9.96. The van der Waals surface area contributed by atoms with Gasteiger partial charge in [-0.25, -0.2) is 0 Å². The van der Waals surface area contributed by atoms with Crippen LogP contribution >= 0.6 is 11.3 Å². The first kappa shape index (κ1) is 20.3. The van der Waals surface area contributed by atoms with Crippen molar-refractivity contribution in [3.8, 4) is 17.0 Å². The number of hydrogen-bond acceptors (Lipinski definition) is 6. The molecule has 0 spiro atoms. The molecule has 34 heavy (non-hydrogen) atoms. The van der Waals surface area contributed by atoms with Gasteiger partial charge in [-0.2, -0.15) is 14.6 Å². The molecule has 1 aliphatic rings. The number of nitrogens with zero attached hydrogens (tertiary/aromatic N) is 3. The molecular formula is C27H17N3O3S. The number of para-hydroxylation sites is 1. The zero-order valence-corrected chi connectivity index (χ0v) is 18.6. The maximum atomic E-state index is 13.3. The van der Waals surface area contributed by atoms with Gasteiger partial charge >= 0.3 is 5.56 Å². The van der Waals surface area contributed by atoms with Crippen molar-refractivity contribution in [1.82, 2.24) is 14.6 Å². The van der Waals surface area contributed by atoms with Crippen LogP contribution in [-0.2, 0) is 0 Å². The molecule has 3 heterocycles. The first-order valence-corrected chi connectivity index (χ1v) is 11.5. The molecule has 0 amide bonds. The van der Waals surface area contributed by atoms with Gasteiger partial charge in [0.05, 0.1) is 4.53 Å². The Morgan fingerprint density at radius 2 is 1.59 bits per heavy atom. The van der Waals surface area contributed by atoms with Crippen LogP contribution in [0.1, 0.15) is 17.2 Å². The third-order valence-corrected chi connectivity index (χ3v) is 6.58. The quantitative estimate of drug-likeness (QED) is 0.406. The Hall–Kier alpha value is -4.36. The fourth-order valence-corrected chi connectivity index (χ4v) is 4.90. The summed E-state index contributed by atoms with van der Waals surface area (Å²) in [7, 11) is 0. The van der Waals surface area contributed by atoms with Gasteiger partial charge in [0.25, 0.3) is 5.56 Å². The summed E-state index contributed by atoms with van der Waals surface area (Å²) in [4.78, 5) is 30.2. The van der Waals surface area contributed by atoms with Gasteiger partial charge in [0.15, 0.2) is 5.69 Å². The van der Waals surface area contributed by atoms with Crippen LogP contribution in [0, 0.1) is 0 Å². The second-order valence-corrected chi connectivity index (χ2v) is 8.84. The van der Waals surface area contributed by atoms with Crippen molar-refractivity contribution in [3.05, 3.63) is 127 Å². The Labute approximate surface area is 197 Å². The lowest BCUT2D eigenvalue weighted by Crippen LogP contribution is -2.27. The van der Waals surface area contributed by atoms with Crippen LogP contribution in [0.25, 0.3) is 28.4 Å². The Kier molecular flexibility index (Phi) is 4.89. The molecule has 0 saturated carbocycles. The number of benzene rings is 3. The highest BCUT2D eigenvalue weighted by Gasteiger charge is 2.23. The van der Waals surface area contributed by atoms with Crippen molar-refractivity contribution < 1.29 is 4.74 Å². The largest absolute Gasteiger partial charge is 0.480 e. The number of hydrogen-bond donors (Lipinski definition) is 0. The van der Waals surface area contributed by atoms with E-state index in [1.54, 1.807) is 12.1 Å². The van der Waals surface area contributed by atoms with Crippen molar-refractivity contribution >= 4 is 28.4 Å². The van der Waals surface area contributed by atoms with E-state index in [4.69, 9.17) is 4.74 Å². The first-order valence-electron chi connectivity index (χ1n) is 10.7. The summed E-state index contributed by atoms with van der Waals surface area (Å²) in [6.07, 6.45) is 3.46. The first-order chi connectivity index (χ1) is 16.7. The molecular weight excluding hydrogens is 446 g/mol. The third kappa shape index (κ3) is 3.52. The molecule has 6 nitrogen and oxygen atoms in total. The highest BCUT2D eigenvalue weighted by molar-refractivity contribution is 7.15. The molecule has 1 atom stereocenters. The minimum atomic E-state index is -0.463. The second kappa shape index (κ2) is 8.20. The van der Waals surface area contributed by atoms with Gasteiger partial charge in [0, 0.05) is 11.1 Å². The van der Waals surface area contributed by atoms with Crippen LogP contribution in [0.3, 0.4) is 0 Å². The Morgan fingerprint density at radius 1 is 0.882 bits per heavy atom. The molecule has 164 valence electrons. The summed E-state index contributed by atoms with van der Waals surface area (Å²) < 4.78 is 7.96. The Bertz CT molecular complexity index is 1720. The van der Waals surface area contributed by atoms with Crippen molar-refractivity contribution in [2.45, 2.75) is 6.10 Å². The molecule has 2 aromatic heterocycles. The van der Waals surface area contributed by atoms with Gasteiger partial charge < -0.3 is 4.74 Å². The van der Waals surface area contributed by atoms with Crippen LogP contribution in [-0.4, -0.2) is 14.6 Å². The molecule has 5 aromatic rings.